The van der Waals surface area contributed by atoms with E-state index in [-0.39, 0.29) is 0 Å². The highest BCUT2D eigenvalue weighted by Crippen LogP contribution is 2.39. The molecular weight excluding hydrogens is 246 g/mol. The van der Waals surface area contributed by atoms with Crippen LogP contribution in [-0.2, 0) is 19.3 Å². The van der Waals surface area contributed by atoms with Crippen LogP contribution in [0.2, 0.25) is 0 Å². The van der Waals surface area contributed by atoms with E-state index in [0.29, 0.717) is 5.92 Å². The maximum atomic E-state index is 4.87. The lowest BCUT2D eigenvalue weighted by Crippen LogP contribution is -2.22. The number of hydrogen-bond donors (Lipinski definition) is 1. The maximum Gasteiger partial charge on any atom is 0.138 e. The van der Waals surface area contributed by atoms with Crippen LogP contribution in [0.25, 0.3) is 0 Å². The summed E-state index contributed by atoms with van der Waals surface area (Å²) in [5.41, 5.74) is 5.48. The third kappa shape index (κ3) is 1.73. The molecule has 1 aromatic heterocycles. The lowest BCUT2D eigenvalue weighted by atomic mass is 9.77. The van der Waals surface area contributed by atoms with Gasteiger partial charge in [0.05, 0.1) is 0 Å². The zero-order valence-corrected chi connectivity index (χ0v) is 11.8. The largest absolute Gasteiger partial charge is 0.370 e. The summed E-state index contributed by atoms with van der Waals surface area (Å²) in [5, 5.41) is 3.42. The van der Waals surface area contributed by atoms with Crippen molar-refractivity contribution in [1.29, 1.82) is 0 Å². The van der Waals surface area contributed by atoms with Gasteiger partial charge in [-0.05, 0) is 43.7 Å². The molecule has 20 heavy (non-hydrogen) atoms. The molecule has 0 radical (unpaired) electrons. The van der Waals surface area contributed by atoms with Crippen LogP contribution >= 0.6 is 0 Å². The molecular formula is C17H19N3. The van der Waals surface area contributed by atoms with Gasteiger partial charge in [0.25, 0.3) is 0 Å². The Morgan fingerprint density at radius 2 is 2.10 bits per heavy atom. The third-order valence-electron chi connectivity index (χ3n) is 4.46. The molecule has 0 fully saturated rings. The molecule has 4 rings (SSSR count). The maximum absolute atomic E-state index is 4.87. The van der Waals surface area contributed by atoms with Gasteiger partial charge < -0.3 is 5.32 Å². The molecule has 0 amide bonds. The fourth-order valence-corrected chi connectivity index (χ4v) is 3.41. The first-order valence-corrected chi connectivity index (χ1v) is 7.58. The highest BCUT2D eigenvalue weighted by atomic mass is 15.0. The average molecular weight is 265 g/mol. The molecule has 2 aliphatic carbocycles. The zero-order chi connectivity index (χ0) is 13.5. The van der Waals surface area contributed by atoms with E-state index < -0.39 is 0 Å². The number of rotatable bonds is 3. The van der Waals surface area contributed by atoms with E-state index in [1.165, 1.54) is 28.8 Å². The topological polar surface area (TPSA) is 37.8 Å². The second-order valence-corrected chi connectivity index (χ2v) is 5.70. The monoisotopic (exact) mass is 265 g/mol. The van der Waals surface area contributed by atoms with Gasteiger partial charge in [0.2, 0.25) is 0 Å². The Morgan fingerprint density at radius 3 is 2.95 bits per heavy atom. The van der Waals surface area contributed by atoms with Crippen molar-refractivity contribution in [3.63, 3.8) is 0 Å². The smallest absolute Gasteiger partial charge is 0.138 e. The number of aryl methyl sites for hydroxylation is 1. The molecule has 2 aliphatic rings. The minimum absolute atomic E-state index is 0.398. The van der Waals surface area contributed by atoms with Gasteiger partial charge in [0.15, 0.2) is 0 Å². The van der Waals surface area contributed by atoms with Crippen molar-refractivity contribution < 1.29 is 0 Å². The number of fused-ring (bicyclic) bond motifs is 2. The molecule has 0 spiro atoms. The van der Waals surface area contributed by atoms with Gasteiger partial charge in [-0.15, -0.1) is 0 Å². The minimum atomic E-state index is 0.398. The van der Waals surface area contributed by atoms with Gasteiger partial charge >= 0.3 is 0 Å². The van der Waals surface area contributed by atoms with Crippen molar-refractivity contribution in [2.75, 3.05) is 11.9 Å². The average Bonchev–Trinajstić information content (AvgIpc) is 2.89. The summed E-state index contributed by atoms with van der Waals surface area (Å²) >= 11 is 0. The molecule has 3 nitrogen and oxygen atoms in total. The highest BCUT2D eigenvalue weighted by Gasteiger charge is 2.31. The molecule has 0 saturated heterocycles. The third-order valence-corrected chi connectivity index (χ3v) is 4.46. The van der Waals surface area contributed by atoms with E-state index in [2.05, 4.69) is 36.5 Å². The van der Waals surface area contributed by atoms with Gasteiger partial charge in [0, 0.05) is 23.7 Å². The van der Waals surface area contributed by atoms with Crippen LogP contribution in [-0.4, -0.2) is 16.5 Å². The predicted octanol–water partition coefficient (Wildman–Crippen LogP) is 3.09. The molecule has 1 heterocycles. The molecule has 0 aliphatic heterocycles. The van der Waals surface area contributed by atoms with Gasteiger partial charge in [-0.2, -0.15) is 0 Å². The second-order valence-electron chi connectivity index (χ2n) is 5.70. The lowest BCUT2D eigenvalue weighted by molar-refractivity contribution is 0.655. The Morgan fingerprint density at radius 1 is 1.20 bits per heavy atom. The minimum Gasteiger partial charge on any atom is -0.370 e. The van der Waals surface area contributed by atoms with Gasteiger partial charge in [-0.1, -0.05) is 24.3 Å². The number of nitrogens with one attached hydrogen (secondary N) is 1. The number of anilines is 1. The summed E-state index contributed by atoms with van der Waals surface area (Å²) in [7, 11) is 0. The van der Waals surface area contributed by atoms with Crippen LogP contribution in [0.5, 0.6) is 0 Å². The quantitative estimate of drug-likeness (QED) is 0.926. The number of benzene rings is 1. The first-order valence-electron chi connectivity index (χ1n) is 7.58. The van der Waals surface area contributed by atoms with E-state index in [4.69, 9.17) is 9.97 Å². The van der Waals surface area contributed by atoms with Crippen molar-refractivity contribution in [3.8, 4) is 0 Å². The van der Waals surface area contributed by atoms with Crippen molar-refractivity contribution in [2.24, 2.45) is 0 Å². The summed E-state index contributed by atoms with van der Waals surface area (Å²) in [6.07, 6.45) is 4.53. The van der Waals surface area contributed by atoms with Crippen LogP contribution in [0.1, 0.15) is 47.5 Å². The van der Waals surface area contributed by atoms with Crippen molar-refractivity contribution in [3.05, 3.63) is 52.5 Å². The Kier molecular flexibility index (Phi) is 2.72. The van der Waals surface area contributed by atoms with Gasteiger partial charge in [-0.3, -0.25) is 0 Å². The molecule has 3 heteroatoms. The molecule has 102 valence electrons. The molecule has 1 unspecified atom stereocenters. The van der Waals surface area contributed by atoms with Crippen LogP contribution in [0.15, 0.2) is 24.3 Å². The Balaban J connectivity index is 1.75. The molecule has 0 bridgehead atoms. The summed E-state index contributed by atoms with van der Waals surface area (Å²) in [5.74, 6) is 2.49. The van der Waals surface area contributed by atoms with Crippen LogP contribution in [0, 0.1) is 0 Å². The fourth-order valence-electron chi connectivity index (χ4n) is 3.41. The second kappa shape index (κ2) is 4.58. The molecule has 1 atom stereocenters. The van der Waals surface area contributed by atoms with E-state index in [9.17, 15) is 0 Å². The normalized spacial score (nSPS) is 19.1. The number of nitrogens with zero attached hydrogens (tertiary/aromatic N) is 2. The molecule has 0 saturated carbocycles. The number of aromatic nitrogens is 2. The van der Waals surface area contributed by atoms with Crippen molar-refractivity contribution in [1.82, 2.24) is 9.97 Å². The van der Waals surface area contributed by atoms with Crippen molar-refractivity contribution >= 4 is 5.82 Å². The van der Waals surface area contributed by atoms with Gasteiger partial charge in [-0.25, -0.2) is 9.97 Å². The Hall–Kier alpha value is -1.90. The van der Waals surface area contributed by atoms with Crippen molar-refractivity contribution in [2.45, 2.75) is 38.5 Å². The summed E-state index contributed by atoms with van der Waals surface area (Å²) in [4.78, 5) is 9.70. The summed E-state index contributed by atoms with van der Waals surface area (Å²) in [6, 6.07) is 8.66. The molecule has 1 N–H and O–H groups in total. The van der Waals surface area contributed by atoms with E-state index >= 15 is 0 Å². The number of hydrogen-bond acceptors (Lipinski definition) is 3. The van der Waals surface area contributed by atoms with Crippen LogP contribution < -0.4 is 5.32 Å². The van der Waals surface area contributed by atoms with Gasteiger partial charge in [0.1, 0.15) is 11.6 Å². The Labute approximate surface area is 119 Å². The highest BCUT2D eigenvalue weighted by molar-refractivity contribution is 5.51. The van der Waals surface area contributed by atoms with Crippen LogP contribution in [0.4, 0.5) is 5.82 Å². The lowest BCUT2D eigenvalue weighted by Gasteiger charge is -2.29. The first kappa shape index (κ1) is 11.9. The standard InChI is InChI=1S/C17H19N3/c1-2-18-16-13-8-5-9-15(13)19-17(20-16)14-10-11-6-3-4-7-12(11)14/h3-4,6-7,14H,2,5,8-10H2,1H3,(H,18,19,20). The molecule has 2 aromatic rings. The van der Waals surface area contributed by atoms with Crippen LogP contribution in [0.3, 0.4) is 0 Å². The fraction of sp³-hybridized carbons (Fsp3) is 0.412. The summed E-state index contributed by atoms with van der Waals surface area (Å²) in [6.45, 7) is 3.05. The SMILES string of the molecule is CCNc1nc(C2Cc3ccccc32)nc2c1CCC2. The first-order chi connectivity index (χ1) is 9.86. The summed E-state index contributed by atoms with van der Waals surface area (Å²) < 4.78 is 0. The zero-order valence-electron chi connectivity index (χ0n) is 11.8. The molecule has 1 aromatic carbocycles. The Bertz CT molecular complexity index is 663. The van der Waals surface area contributed by atoms with E-state index in [1.54, 1.807) is 0 Å². The predicted molar refractivity (Wildman–Crippen MR) is 80.2 cm³/mol. The van der Waals surface area contributed by atoms with E-state index in [0.717, 1.165) is 37.4 Å². The van der Waals surface area contributed by atoms with E-state index in [1.807, 2.05) is 0 Å².